The largest absolute Gasteiger partial charge is 0.487 e. The number of carbonyl (C=O) groups is 3. The Hall–Kier alpha value is -2.81. The topological polar surface area (TPSA) is 93.1 Å². The molecule has 9 heteroatoms. The first-order chi connectivity index (χ1) is 14.9. The van der Waals surface area contributed by atoms with E-state index < -0.39 is 5.97 Å². The molecular weight excluding hydrogens is 442 g/mol. The van der Waals surface area contributed by atoms with Gasteiger partial charge < -0.3 is 14.6 Å². The van der Waals surface area contributed by atoms with Crippen LogP contribution in [0.2, 0.25) is 5.02 Å². The van der Waals surface area contributed by atoms with Crippen LogP contribution in [0.25, 0.3) is 6.08 Å². The molecular formula is C22H20ClNO6S. The van der Waals surface area contributed by atoms with Gasteiger partial charge in [0, 0.05) is 20.3 Å². The molecule has 1 fully saturated rings. The van der Waals surface area contributed by atoms with E-state index in [1.165, 1.54) is 17.0 Å². The van der Waals surface area contributed by atoms with Crippen LogP contribution in [0, 0.1) is 0 Å². The van der Waals surface area contributed by atoms with Crippen LogP contribution in [0.4, 0.5) is 4.79 Å². The smallest absolute Gasteiger partial charge is 0.335 e. The van der Waals surface area contributed by atoms with E-state index in [-0.39, 0.29) is 23.3 Å². The summed E-state index contributed by atoms with van der Waals surface area (Å²) in [7, 11) is 1.57. The Morgan fingerprint density at radius 3 is 2.74 bits per heavy atom. The molecule has 1 aliphatic heterocycles. The fourth-order valence-electron chi connectivity index (χ4n) is 2.89. The molecule has 1 N–H and O–H groups in total. The Morgan fingerprint density at radius 2 is 2.03 bits per heavy atom. The van der Waals surface area contributed by atoms with Crippen molar-refractivity contribution in [2.75, 3.05) is 20.3 Å². The number of halogens is 1. The van der Waals surface area contributed by atoms with Crippen molar-refractivity contribution in [3.05, 3.63) is 69.1 Å². The molecule has 0 bridgehead atoms. The lowest BCUT2D eigenvalue weighted by Crippen LogP contribution is -2.29. The highest BCUT2D eigenvalue weighted by molar-refractivity contribution is 8.18. The molecule has 1 saturated heterocycles. The highest BCUT2D eigenvalue weighted by atomic mass is 35.5. The second kappa shape index (κ2) is 10.5. The van der Waals surface area contributed by atoms with Crippen molar-refractivity contribution < 1.29 is 29.0 Å². The SMILES string of the molecule is COCCCN1C(=O)S/C(=C/c2ccc(OCc3cccc(C(=O)O)c3)c(Cl)c2)C1=O. The standard InChI is InChI=1S/C22H20ClNO6S/c1-29-9-3-8-24-20(25)19(31-22(24)28)12-14-6-7-18(17(23)11-14)30-13-15-4-2-5-16(10-15)21(26)27/h2,4-7,10-12H,3,8-9,13H2,1H3,(H,26,27)/b19-12+. The minimum absolute atomic E-state index is 0.153. The summed E-state index contributed by atoms with van der Waals surface area (Å²) in [6.07, 6.45) is 2.20. The lowest BCUT2D eigenvalue weighted by atomic mass is 10.1. The van der Waals surface area contributed by atoms with Gasteiger partial charge in [-0.25, -0.2) is 4.79 Å². The number of imide groups is 1. The van der Waals surface area contributed by atoms with E-state index in [0.717, 1.165) is 11.8 Å². The predicted octanol–water partition coefficient (Wildman–Crippen LogP) is 4.69. The van der Waals surface area contributed by atoms with Crippen LogP contribution in [0.3, 0.4) is 0 Å². The van der Waals surface area contributed by atoms with Crippen molar-refractivity contribution in [3.8, 4) is 5.75 Å². The number of ether oxygens (including phenoxy) is 2. The van der Waals surface area contributed by atoms with Crippen LogP contribution in [-0.2, 0) is 16.1 Å². The predicted molar refractivity (Wildman–Crippen MR) is 118 cm³/mol. The Balaban J connectivity index is 1.67. The first kappa shape index (κ1) is 22.9. The van der Waals surface area contributed by atoms with E-state index in [2.05, 4.69) is 0 Å². The second-order valence-electron chi connectivity index (χ2n) is 6.66. The van der Waals surface area contributed by atoms with E-state index in [1.54, 1.807) is 43.5 Å². The summed E-state index contributed by atoms with van der Waals surface area (Å²) < 4.78 is 10.7. The van der Waals surface area contributed by atoms with Crippen molar-refractivity contribution in [1.29, 1.82) is 0 Å². The molecule has 2 amide bonds. The fourth-order valence-corrected chi connectivity index (χ4v) is 4.00. The van der Waals surface area contributed by atoms with Crippen LogP contribution in [0.1, 0.15) is 27.9 Å². The Labute approximate surface area is 188 Å². The number of aromatic carboxylic acids is 1. The molecule has 0 aromatic heterocycles. The summed E-state index contributed by atoms with van der Waals surface area (Å²) in [5, 5.41) is 9.10. The lowest BCUT2D eigenvalue weighted by molar-refractivity contribution is -0.122. The zero-order valence-electron chi connectivity index (χ0n) is 16.7. The van der Waals surface area contributed by atoms with Gasteiger partial charge in [-0.1, -0.05) is 29.8 Å². The average molecular weight is 462 g/mol. The summed E-state index contributed by atoms with van der Waals surface area (Å²) in [6, 6.07) is 11.5. The van der Waals surface area contributed by atoms with Gasteiger partial charge >= 0.3 is 5.97 Å². The van der Waals surface area contributed by atoms with E-state index in [1.807, 2.05) is 0 Å². The molecule has 162 valence electrons. The molecule has 2 aromatic carbocycles. The molecule has 2 aromatic rings. The quantitative estimate of drug-likeness (QED) is 0.427. The van der Waals surface area contributed by atoms with Crippen molar-refractivity contribution in [2.24, 2.45) is 0 Å². The van der Waals surface area contributed by atoms with Crippen LogP contribution in [0.5, 0.6) is 5.75 Å². The van der Waals surface area contributed by atoms with E-state index in [9.17, 15) is 14.4 Å². The molecule has 0 atom stereocenters. The van der Waals surface area contributed by atoms with Crippen molar-refractivity contribution in [1.82, 2.24) is 4.90 Å². The number of thioether (sulfide) groups is 1. The normalized spacial score (nSPS) is 15.0. The van der Waals surface area contributed by atoms with Gasteiger partial charge in [-0.15, -0.1) is 0 Å². The number of carbonyl (C=O) groups excluding carboxylic acids is 2. The van der Waals surface area contributed by atoms with Gasteiger partial charge in [0.05, 0.1) is 15.5 Å². The maximum absolute atomic E-state index is 12.5. The van der Waals surface area contributed by atoms with Crippen LogP contribution >= 0.6 is 23.4 Å². The highest BCUT2D eigenvalue weighted by Crippen LogP contribution is 2.34. The molecule has 31 heavy (non-hydrogen) atoms. The first-order valence-corrected chi connectivity index (χ1v) is 10.6. The van der Waals surface area contributed by atoms with E-state index in [4.69, 9.17) is 26.2 Å². The summed E-state index contributed by atoms with van der Waals surface area (Å²) in [4.78, 5) is 37.2. The zero-order valence-corrected chi connectivity index (χ0v) is 18.2. The number of methoxy groups -OCH3 is 1. The molecule has 0 spiro atoms. The number of amides is 2. The van der Waals surface area contributed by atoms with Gasteiger partial charge in [0.25, 0.3) is 11.1 Å². The highest BCUT2D eigenvalue weighted by Gasteiger charge is 2.34. The molecule has 1 heterocycles. The Bertz CT molecular complexity index is 1040. The van der Waals surface area contributed by atoms with Crippen molar-refractivity contribution in [3.63, 3.8) is 0 Å². The van der Waals surface area contributed by atoms with Gasteiger partial charge in [-0.05, 0) is 59.7 Å². The van der Waals surface area contributed by atoms with Gasteiger partial charge in [0.15, 0.2) is 0 Å². The van der Waals surface area contributed by atoms with Gasteiger partial charge in [-0.3, -0.25) is 14.5 Å². The molecule has 3 rings (SSSR count). The number of carboxylic acids is 1. The van der Waals surface area contributed by atoms with Crippen LogP contribution in [0.15, 0.2) is 47.4 Å². The number of nitrogens with zero attached hydrogens (tertiary/aromatic N) is 1. The first-order valence-electron chi connectivity index (χ1n) is 9.38. The average Bonchev–Trinajstić information content (AvgIpc) is 3.01. The number of hydrogen-bond donors (Lipinski definition) is 1. The van der Waals surface area contributed by atoms with Gasteiger partial charge in [0.2, 0.25) is 0 Å². The number of benzene rings is 2. The second-order valence-corrected chi connectivity index (χ2v) is 8.06. The minimum atomic E-state index is -1.01. The Kier molecular flexibility index (Phi) is 7.73. The summed E-state index contributed by atoms with van der Waals surface area (Å²) >= 11 is 7.20. The molecule has 0 radical (unpaired) electrons. The Morgan fingerprint density at radius 1 is 1.23 bits per heavy atom. The molecule has 7 nitrogen and oxygen atoms in total. The number of carboxylic acid groups (broad SMARTS) is 1. The van der Waals surface area contributed by atoms with Gasteiger partial charge in [0.1, 0.15) is 12.4 Å². The third-order valence-corrected chi connectivity index (χ3v) is 5.63. The molecule has 1 aliphatic rings. The third-order valence-electron chi connectivity index (χ3n) is 4.43. The van der Waals surface area contributed by atoms with Crippen molar-refractivity contribution in [2.45, 2.75) is 13.0 Å². The van der Waals surface area contributed by atoms with Crippen molar-refractivity contribution >= 4 is 46.6 Å². The van der Waals surface area contributed by atoms with Crippen LogP contribution in [-0.4, -0.2) is 47.4 Å². The maximum atomic E-state index is 12.5. The lowest BCUT2D eigenvalue weighted by Gasteiger charge is -2.11. The fraction of sp³-hybridized carbons (Fsp3) is 0.227. The number of rotatable bonds is 9. The summed E-state index contributed by atoms with van der Waals surface area (Å²) in [6.45, 7) is 0.936. The monoisotopic (exact) mass is 461 g/mol. The van der Waals surface area contributed by atoms with E-state index in [0.29, 0.717) is 46.4 Å². The summed E-state index contributed by atoms with van der Waals surface area (Å²) in [5.74, 6) is -0.916. The molecule has 0 unspecified atom stereocenters. The van der Waals surface area contributed by atoms with Crippen LogP contribution < -0.4 is 4.74 Å². The maximum Gasteiger partial charge on any atom is 0.335 e. The van der Waals surface area contributed by atoms with Gasteiger partial charge in [-0.2, -0.15) is 0 Å². The third kappa shape index (κ3) is 5.88. The molecule has 0 saturated carbocycles. The minimum Gasteiger partial charge on any atom is -0.487 e. The zero-order chi connectivity index (χ0) is 22.4. The summed E-state index contributed by atoms with van der Waals surface area (Å²) in [5.41, 5.74) is 1.54. The number of hydrogen-bond acceptors (Lipinski definition) is 6. The van der Waals surface area contributed by atoms with E-state index >= 15 is 0 Å². The molecule has 0 aliphatic carbocycles.